The summed E-state index contributed by atoms with van der Waals surface area (Å²) in [7, 11) is 1.46. The summed E-state index contributed by atoms with van der Waals surface area (Å²) in [6, 6.07) is 2.38. The topological polar surface area (TPSA) is 81.5 Å². The molecule has 1 rings (SSSR count). The van der Waals surface area contributed by atoms with Crippen molar-refractivity contribution < 1.29 is 18.8 Å². The lowest BCUT2D eigenvalue weighted by Crippen LogP contribution is -2.39. The van der Waals surface area contributed by atoms with Crippen LogP contribution in [-0.4, -0.2) is 35.9 Å². The Hall–Kier alpha value is -1.54. The zero-order valence-corrected chi connectivity index (χ0v) is 11.6. The van der Waals surface area contributed by atoms with E-state index in [1.54, 1.807) is 0 Å². The summed E-state index contributed by atoms with van der Waals surface area (Å²) in [5, 5.41) is 13.7. The minimum Gasteiger partial charge on any atom is -0.383 e. The second kappa shape index (κ2) is 7.15. The number of methoxy groups -OCH3 is 1. The summed E-state index contributed by atoms with van der Waals surface area (Å²) >= 11 is 3.18. The van der Waals surface area contributed by atoms with Gasteiger partial charge < -0.3 is 10.1 Å². The number of nitro benzene ring substituents is 1. The molecule has 0 aliphatic heterocycles. The summed E-state index contributed by atoms with van der Waals surface area (Å²) in [6.07, 6.45) is 0. The standard InChI is InChI=1S/C11H12BrFN2O4/c1-19-6-8(5-12)14-11(16)9-4-7(13)2-3-10(9)15(17)18/h2-4,8H,5-6H2,1H3,(H,14,16). The first-order valence-corrected chi connectivity index (χ1v) is 6.41. The van der Waals surface area contributed by atoms with Crippen LogP contribution in [0.25, 0.3) is 0 Å². The molecule has 0 radical (unpaired) electrons. The molecule has 19 heavy (non-hydrogen) atoms. The number of ether oxygens (including phenoxy) is 1. The van der Waals surface area contributed by atoms with Gasteiger partial charge in [-0.2, -0.15) is 0 Å². The normalized spacial score (nSPS) is 11.9. The fourth-order valence-electron chi connectivity index (χ4n) is 1.44. The van der Waals surface area contributed by atoms with Gasteiger partial charge in [0.25, 0.3) is 11.6 Å². The summed E-state index contributed by atoms with van der Waals surface area (Å²) in [4.78, 5) is 22.0. The Balaban J connectivity index is 2.98. The van der Waals surface area contributed by atoms with E-state index >= 15 is 0 Å². The number of hydrogen-bond donors (Lipinski definition) is 1. The fraction of sp³-hybridized carbons (Fsp3) is 0.364. The number of hydrogen-bond acceptors (Lipinski definition) is 4. The third-order valence-electron chi connectivity index (χ3n) is 2.29. The third kappa shape index (κ3) is 4.25. The summed E-state index contributed by atoms with van der Waals surface area (Å²) < 4.78 is 18.0. The van der Waals surface area contributed by atoms with Crippen molar-refractivity contribution in [2.24, 2.45) is 0 Å². The van der Waals surface area contributed by atoms with Crippen molar-refractivity contribution in [3.8, 4) is 0 Å². The van der Waals surface area contributed by atoms with E-state index in [2.05, 4.69) is 21.2 Å². The van der Waals surface area contributed by atoms with E-state index in [-0.39, 0.29) is 18.2 Å². The zero-order valence-electron chi connectivity index (χ0n) is 10.1. The SMILES string of the molecule is COCC(CBr)NC(=O)c1cc(F)ccc1[N+](=O)[O-]. The third-order valence-corrected chi connectivity index (χ3v) is 3.07. The Morgan fingerprint density at radius 2 is 2.32 bits per heavy atom. The molecule has 1 N–H and O–H groups in total. The highest BCUT2D eigenvalue weighted by Crippen LogP contribution is 2.19. The smallest absolute Gasteiger partial charge is 0.282 e. The number of nitro groups is 1. The van der Waals surface area contributed by atoms with Gasteiger partial charge in [0.05, 0.1) is 17.6 Å². The second-order valence-corrected chi connectivity index (χ2v) is 4.35. The van der Waals surface area contributed by atoms with Gasteiger partial charge >= 0.3 is 0 Å². The molecule has 104 valence electrons. The number of amides is 1. The number of alkyl halides is 1. The van der Waals surface area contributed by atoms with E-state index < -0.39 is 22.3 Å². The summed E-state index contributed by atoms with van der Waals surface area (Å²) in [6.45, 7) is 0.236. The van der Waals surface area contributed by atoms with Crippen molar-refractivity contribution in [1.29, 1.82) is 0 Å². The molecule has 8 heteroatoms. The molecule has 0 saturated carbocycles. The first-order chi connectivity index (χ1) is 8.99. The van der Waals surface area contributed by atoms with Crippen molar-refractivity contribution in [3.05, 3.63) is 39.7 Å². The number of carbonyl (C=O) groups excluding carboxylic acids is 1. The Morgan fingerprint density at radius 1 is 1.63 bits per heavy atom. The number of carbonyl (C=O) groups is 1. The van der Waals surface area contributed by atoms with Crippen molar-refractivity contribution >= 4 is 27.5 Å². The predicted molar refractivity (Wildman–Crippen MR) is 70.0 cm³/mol. The van der Waals surface area contributed by atoms with Crippen LogP contribution in [0.5, 0.6) is 0 Å². The number of halogens is 2. The van der Waals surface area contributed by atoms with E-state index in [1.165, 1.54) is 7.11 Å². The van der Waals surface area contributed by atoms with Crippen molar-refractivity contribution in [2.75, 3.05) is 19.0 Å². The maximum Gasteiger partial charge on any atom is 0.282 e. The monoisotopic (exact) mass is 334 g/mol. The lowest BCUT2D eigenvalue weighted by Gasteiger charge is -2.15. The van der Waals surface area contributed by atoms with Crippen LogP contribution in [0.1, 0.15) is 10.4 Å². The quantitative estimate of drug-likeness (QED) is 0.489. The van der Waals surface area contributed by atoms with Gasteiger partial charge in [-0.1, -0.05) is 15.9 Å². The van der Waals surface area contributed by atoms with Gasteiger partial charge in [0.1, 0.15) is 11.4 Å². The van der Waals surface area contributed by atoms with Crippen LogP contribution in [0, 0.1) is 15.9 Å². The molecule has 1 atom stereocenters. The molecule has 1 aromatic rings. The van der Waals surface area contributed by atoms with Crippen LogP contribution in [0.4, 0.5) is 10.1 Å². The Labute approximate surface area is 117 Å². The zero-order chi connectivity index (χ0) is 14.4. The molecule has 1 unspecified atom stereocenters. The molecule has 0 aliphatic carbocycles. The van der Waals surface area contributed by atoms with Crippen LogP contribution in [0.3, 0.4) is 0 Å². The van der Waals surface area contributed by atoms with E-state index in [1.807, 2.05) is 0 Å². The number of rotatable bonds is 6. The maximum absolute atomic E-state index is 13.1. The molecule has 0 aromatic heterocycles. The van der Waals surface area contributed by atoms with Crippen molar-refractivity contribution in [1.82, 2.24) is 5.32 Å². The number of benzene rings is 1. The molecule has 0 saturated heterocycles. The van der Waals surface area contributed by atoms with Crippen molar-refractivity contribution in [3.63, 3.8) is 0 Å². The molecule has 0 bridgehead atoms. The highest BCUT2D eigenvalue weighted by atomic mass is 79.9. The first kappa shape index (κ1) is 15.5. The first-order valence-electron chi connectivity index (χ1n) is 5.29. The van der Waals surface area contributed by atoms with Crippen LogP contribution < -0.4 is 5.32 Å². The van der Waals surface area contributed by atoms with Gasteiger partial charge in [-0.05, 0) is 12.1 Å². The van der Waals surface area contributed by atoms with Crippen molar-refractivity contribution in [2.45, 2.75) is 6.04 Å². The molecule has 6 nitrogen and oxygen atoms in total. The van der Waals surface area contributed by atoms with Gasteiger partial charge in [-0.3, -0.25) is 14.9 Å². The minimum absolute atomic E-state index is 0.236. The van der Waals surface area contributed by atoms with E-state index in [0.29, 0.717) is 5.33 Å². The highest BCUT2D eigenvalue weighted by Gasteiger charge is 2.22. The van der Waals surface area contributed by atoms with Gasteiger partial charge in [0, 0.05) is 18.5 Å². The Kier molecular flexibility index (Phi) is 5.84. The Bertz CT molecular complexity index is 484. The largest absolute Gasteiger partial charge is 0.383 e. The van der Waals surface area contributed by atoms with Gasteiger partial charge in [0.2, 0.25) is 0 Å². The van der Waals surface area contributed by atoms with Gasteiger partial charge in [-0.25, -0.2) is 4.39 Å². The van der Waals surface area contributed by atoms with E-state index in [9.17, 15) is 19.3 Å². The molecule has 0 spiro atoms. The lowest BCUT2D eigenvalue weighted by atomic mass is 10.1. The Morgan fingerprint density at radius 3 is 2.84 bits per heavy atom. The summed E-state index contributed by atoms with van der Waals surface area (Å²) in [5.74, 6) is -1.43. The van der Waals surface area contributed by atoms with Gasteiger partial charge in [-0.15, -0.1) is 0 Å². The molecular weight excluding hydrogens is 323 g/mol. The minimum atomic E-state index is -0.728. The number of nitrogens with one attached hydrogen (secondary N) is 1. The lowest BCUT2D eigenvalue weighted by molar-refractivity contribution is -0.385. The highest BCUT2D eigenvalue weighted by molar-refractivity contribution is 9.09. The van der Waals surface area contributed by atoms with Crippen LogP contribution >= 0.6 is 15.9 Å². The number of nitrogens with zero attached hydrogens (tertiary/aromatic N) is 1. The van der Waals surface area contributed by atoms with Gasteiger partial charge in [0.15, 0.2) is 0 Å². The van der Waals surface area contributed by atoms with E-state index in [0.717, 1.165) is 18.2 Å². The average Bonchev–Trinajstić information content (AvgIpc) is 2.37. The second-order valence-electron chi connectivity index (χ2n) is 3.70. The molecule has 0 fully saturated rings. The van der Waals surface area contributed by atoms with Crippen LogP contribution in [-0.2, 0) is 4.74 Å². The maximum atomic E-state index is 13.1. The summed E-state index contributed by atoms with van der Waals surface area (Å²) in [5.41, 5.74) is -0.753. The van der Waals surface area contributed by atoms with E-state index in [4.69, 9.17) is 4.74 Å². The molecule has 1 amide bonds. The molecule has 0 aliphatic rings. The van der Waals surface area contributed by atoms with Crippen LogP contribution in [0.2, 0.25) is 0 Å². The predicted octanol–water partition coefficient (Wildman–Crippen LogP) is 1.87. The molecule has 0 heterocycles. The average molecular weight is 335 g/mol. The molecule has 1 aromatic carbocycles. The van der Waals surface area contributed by atoms with Crippen LogP contribution in [0.15, 0.2) is 18.2 Å². The fourth-order valence-corrected chi connectivity index (χ4v) is 1.79. The molecular formula is C11H12BrFN2O4.